The first-order chi connectivity index (χ1) is 21.4. The molecule has 7 nitrogen and oxygen atoms in total. The van der Waals surface area contributed by atoms with E-state index in [2.05, 4.69) is 20.9 Å². The Morgan fingerprint density at radius 3 is 2.14 bits per heavy atom. The zero-order chi connectivity index (χ0) is 30.7. The quantitative estimate of drug-likeness (QED) is 0.110. The normalized spacial score (nSPS) is 11.7. The van der Waals surface area contributed by atoms with E-state index in [9.17, 15) is 14.4 Å². The minimum atomic E-state index is -0.543. The van der Waals surface area contributed by atoms with Gasteiger partial charge in [0.25, 0.3) is 11.8 Å². The summed E-state index contributed by atoms with van der Waals surface area (Å²) in [5, 5.41) is 8.42. The standard InChI is InChI=1S/C35H27ClN4O3S/c36-27-15-9-10-24(22-27)23-30(39-33(41)26-13-5-2-6-14-26)34(42)38-28-17-19-29(20-18-28)44-32(25-11-3-1-4-12-25)35(43)40-31-16-7-8-21-37-31/h1-23,32H,(H,38,42)(H,39,41)(H,37,40,43)/b30-23-. The third-order valence-corrected chi connectivity index (χ3v) is 7.81. The van der Waals surface area contributed by atoms with Crippen molar-refractivity contribution in [1.82, 2.24) is 10.3 Å². The third kappa shape index (κ3) is 8.44. The first-order valence-electron chi connectivity index (χ1n) is 13.6. The van der Waals surface area contributed by atoms with Crippen molar-refractivity contribution < 1.29 is 14.4 Å². The van der Waals surface area contributed by atoms with Crippen molar-refractivity contribution in [2.75, 3.05) is 10.6 Å². The second-order valence-corrected chi connectivity index (χ2v) is 11.1. The Morgan fingerprint density at radius 1 is 0.750 bits per heavy atom. The van der Waals surface area contributed by atoms with Crippen LogP contribution >= 0.6 is 23.4 Å². The highest BCUT2D eigenvalue weighted by Gasteiger charge is 2.23. The molecule has 44 heavy (non-hydrogen) atoms. The van der Waals surface area contributed by atoms with Gasteiger partial charge in [0, 0.05) is 27.4 Å². The van der Waals surface area contributed by atoms with Gasteiger partial charge in [-0.1, -0.05) is 78.3 Å². The lowest BCUT2D eigenvalue weighted by atomic mass is 10.1. The van der Waals surface area contributed by atoms with Crippen molar-refractivity contribution in [3.05, 3.63) is 161 Å². The summed E-state index contributed by atoms with van der Waals surface area (Å²) in [4.78, 5) is 44.6. The molecule has 0 bridgehead atoms. The van der Waals surface area contributed by atoms with E-state index in [0.29, 0.717) is 27.7 Å². The summed E-state index contributed by atoms with van der Waals surface area (Å²) in [7, 11) is 0. The molecule has 4 aromatic carbocycles. The average Bonchev–Trinajstić information content (AvgIpc) is 3.05. The van der Waals surface area contributed by atoms with Crippen molar-refractivity contribution >= 4 is 58.7 Å². The van der Waals surface area contributed by atoms with Crippen LogP contribution < -0.4 is 16.0 Å². The van der Waals surface area contributed by atoms with Gasteiger partial charge in [-0.25, -0.2) is 4.98 Å². The Bertz CT molecular complexity index is 1770. The molecule has 0 aliphatic carbocycles. The largest absolute Gasteiger partial charge is 0.321 e. The fourth-order valence-electron chi connectivity index (χ4n) is 4.19. The zero-order valence-corrected chi connectivity index (χ0v) is 24.9. The maximum atomic E-state index is 13.4. The summed E-state index contributed by atoms with van der Waals surface area (Å²) in [6.07, 6.45) is 3.19. The van der Waals surface area contributed by atoms with Crippen molar-refractivity contribution in [2.45, 2.75) is 10.1 Å². The van der Waals surface area contributed by atoms with Gasteiger partial charge in [0.05, 0.1) is 0 Å². The molecule has 0 spiro atoms. The predicted octanol–water partition coefficient (Wildman–Crippen LogP) is 7.62. The molecule has 0 saturated heterocycles. The molecule has 1 unspecified atom stereocenters. The van der Waals surface area contributed by atoms with Crippen LogP contribution in [0, 0.1) is 0 Å². The molecular formula is C35H27ClN4O3S. The molecule has 9 heteroatoms. The number of nitrogens with one attached hydrogen (secondary N) is 3. The van der Waals surface area contributed by atoms with Crippen LogP contribution in [0.1, 0.15) is 26.7 Å². The first-order valence-corrected chi connectivity index (χ1v) is 14.9. The zero-order valence-electron chi connectivity index (χ0n) is 23.3. The molecule has 5 rings (SSSR count). The molecule has 3 N–H and O–H groups in total. The third-order valence-electron chi connectivity index (χ3n) is 6.31. The van der Waals surface area contributed by atoms with Crippen LogP contribution in [-0.4, -0.2) is 22.7 Å². The topological polar surface area (TPSA) is 100 Å². The number of pyridine rings is 1. The average molecular weight is 619 g/mol. The molecule has 1 aromatic heterocycles. The molecule has 0 radical (unpaired) electrons. The summed E-state index contributed by atoms with van der Waals surface area (Å²) in [5.74, 6) is -0.663. The number of carbonyl (C=O) groups is 3. The molecule has 218 valence electrons. The maximum absolute atomic E-state index is 13.4. The van der Waals surface area contributed by atoms with Gasteiger partial charge < -0.3 is 16.0 Å². The van der Waals surface area contributed by atoms with Gasteiger partial charge in [-0.05, 0) is 77.9 Å². The first kappa shape index (κ1) is 30.3. The van der Waals surface area contributed by atoms with Crippen LogP contribution in [0.25, 0.3) is 6.08 Å². The Kier molecular flexibility index (Phi) is 10.2. The summed E-state index contributed by atoms with van der Waals surface area (Å²) in [5.41, 5.74) is 2.47. The van der Waals surface area contributed by atoms with Gasteiger partial charge in [-0.2, -0.15) is 0 Å². The van der Waals surface area contributed by atoms with Gasteiger partial charge in [-0.3, -0.25) is 14.4 Å². The summed E-state index contributed by atoms with van der Waals surface area (Å²) in [6, 6.07) is 37.6. The highest BCUT2D eigenvalue weighted by Crippen LogP contribution is 2.36. The highest BCUT2D eigenvalue weighted by molar-refractivity contribution is 8.00. The second-order valence-electron chi connectivity index (χ2n) is 9.52. The van der Waals surface area contributed by atoms with Crippen LogP contribution in [0.4, 0.5) is 11.5 Å². The molecule has 5 aromatic rings. The van der Waals surface area contributed by atoms with E-state index in [-0.39, 0.29) is 11.6 Å². The van der Waals surface area contributed by atoms with Gasteiger partial charge in [0.2, 0.25) is 5.91 Å². The highest BCUT2D eigenvalue weighted by atomic mass is 35.5. The van der Waals surface area contributed by atoms with E-state index in [1.54, 1.807) is 85.1 Å². The van der Waals surface area contributed by atoms with Crippen LogP contribution in [0.3, 0.4) is 0 Å². The molecular weight excluding hydrogens is 592 g/mol. The van der Waals surface area contributed by atoms with Gasteiger partial charge in [0.1, 0.15) is 16.8 Å². The predicted molar refractivity (Wildman–Crippen MR) is 176 cm³/mol. The summed E-state index contributed by atoms with van der Waals surface area (Å²) in [6.45, 7) is 0. The van der Waals surface area contributed by atoms with Crippen molar-refractivity contribution in [1.29, 1.82) is 0 Å². The number of thioether (sulfide) groups is 1. The smallest absolute Gasteiger partial charge is 0.272 e. The number of rotatable bonds is 10. The lowest BCUT2D eigenvalue weighted by molar-refractivity contribution is -0.116. The fraction of sp³-hybridized carbons (Fsp3) is 0.0286. The summed E-state index contributed by atoms with van der Waals surface area (Å²) < 4.78 is 0. The van der Waals surface area contributed by atoms with Gasteiger partial charge >= 0.3 is 0 Å². The number of nitrogens with zero attached hydrogens (tertiary/aromatic N) is 1. The Balaban J connectivity index is 1.32. The number of anilines is 2. The maximum Gasteiger partial charge on any atom is 0.272 e. The minimum Gasteiger partial charge on any atom is -0.321 e. The fourth-order valence-corrected chi connectivity index (χ4v) is 5.41. The number of amides is 3. The van der Waals surface area contributed by atoms with Crippen molar-refractivity contribution in [2.24, 2.45) is 0 Å². The van der Waals surface area contributed by atoms with Crippen LogP contribution in [0.5, 0.6) is 0 Å². The van der Waals surface area contributed by atoms with Crippen molar-refractivity contribution in [3.8, 4) is 0 Å². The van der Waals surface area contributed by atoms with E-state index >= 15 is 0 Å². The van der Waals surface area contributed by atoms with Gasteiger partial charge in [-0.15, -0.1) is 11.8 Å². The molecule has 3 amide bonds. The van der Waals surface area contributed by atoms with E-state index in [4.69, 9.17) is 11.6 Å². The molecule has 0 saturated carbocycles. The molecule has 0 aliphatic heterocycles. The monoisotopic (exact) mass is 618 g/mol. The van der Waals surface area contributed by atoms with E-state index in [1.807, 2.05) is 54.6 Å². The minimum absolute atomic E-state index is 0.0508. The van der Waals surface area contributed by atoms with Crippen LogP contribution in [-0.2, 0) is 9.59 Å². The van der Waals surface area contributed by atoms with E-state index in [0.717, 1.165) is 10.5 Å². The Labute approximate surface area is 264 Å². The molecule has 1 atom stereocenters. The Hall–Kier alpha value is -5.18. The number of carbonyl (C=O) groups excluding carboxylic acids is 3. The van der Waals surface area contributed by atoms with Crippen molar-refractivity contribution in [3.63, 3.8) is 0 Å². The second kappa shape index (κ2) is 14.8. The molecule has 0 aliphatic rings. The SMILES string of the molecule is O=C(Nc1ccc(SC(C(=O)Nc2ccccn2)c2ccccc2)cc1)/C(=C/c1cccc(Cl)c1)NC(=O)c1ccccc1. The summed E-state index contributed by atoms with van der Waals surface area (Å²) >= 11 is 7.52. The van der Waals surface area contributed by atoms with E-state index in [1.165, 1.54) is 11.8 Å². The Morgan fingerprint density at radius 2 is 1.45 bits per heavy atom. The van der Waals surface area contributed by atoms with Crippen LogP contribution in [0.2, 0.25) is 5.02 Å². The molecule has 0 fully saturated rings. The number of hydrogen-bond acceptors (Lipinski definition) is 5. The number of halogens is 1. The number of aromatic nitrogens is 1. The van der Waals surface area contributed by atoms with Gasteiger partial charge in [0.15, 0.2) is 0 Å². The van der Waals surface area contributed by atoms with E-state index < -0.39 is 17.1 Å². The molecule has 1 heterocycles. The lowest BCUT2D eigenvalue weighted by Crippen LogP contribution is -2.30. The number of hydrogen-bond donors (Lipinski definition) is 3. The number of benzene rings is 4. The van der Waals surface area contributed by atoms with Crippen LogP contribution in [0.15, 0.2) is 144 Å². The lowest BCUT2D eigenvalue weighted by Gasteiger charge is -2.17.